The average Bonchev–Trinajstić information content (AvgIpc) is 3.63. The molecule has 1 aliphatic heterocycles. The molecule has 36 heteroatoms. The van der Waals surface area contributed by atoms with Crippen LogP contribution in [0.15, 0.2) is 11.1 Å². The van der Waals surface area contributed by atoms with E-state index in [0.29, 0.717) is 45.2 Å². The maximum Gasteiger partial charge on any atom is 0.490 e. The van der Waals surface area contributed by atoms with E-state index in [1.807, 2.05) is 0 Å². The Bertz CT molecular complexity index is 2070. The Labute approximate surface area is 327 Å². The molecule has 2 aromatic heterocycles. The van der Waals surface area contributed by atoms with Crippen LogP contribution in [0.1, 0.15) is 64.0 Å². The molecule has 0 aliphatic carbocycles. The fourth-order valence-electron chi connectivity index (χ4n) is 4.80. The minimum absolute atomic E-state index is 0.0567. The first-order valence-corrected chi connectivity index (χ1v) is 25.6. The lowest BCUT2D eigenvalue weighted by Crippen LogP contribution is -2.26. The number of aromatic amines is 1. The SMILES string of the molecule is NCCCCCC(=O)NCCCCCCOP(=O)(O)OP(=O)(O)OP(=O)(O)OP(=O)(O)OP(=O)(O)OP(=O)(O)OC[C@H]1O[C@@H](n2cnc3c(=O)[nH]c(N)nc32)CC1O. The lowest BCUT2D eigenvalue weighted by molar-refractivity contribution is -0.121. The number of nitrogen functional groups attached to an aromatic ring is 1. The number of unbranched alkanes of at least 4 members (excludes halogenated alkanes) is 5. The van der Waals surface area contributed by atoms with E-state index in [4.69, 9.17) is 16.2 Å². The monoisotopic (exact) mass is 959 g/mol. The number of carbonyl (C=O) groups is 1. The third-order valence-electron chi connectivity index (χ3n) is 7.15. The van der Waals surface area contributed by atoms with Gasteiger partial charge in [-0.2, -0.15) is 26.5 Å². The van der Waals surface area contributed by atoms with E-state index in [-0.39, 0.29) is 35.9 Å². The van der Waals surface area contributed by atoms with Crippen LogP contribution in [0, 0.1) is 0 Å². The molecule has 334 valence electrons. The molecule has 1 saturated heterocycles. The summed E-state index contributed by atoms with van der Waals surface area (Å²) >= 11 is 0. The Morgan fingerprint density at radius 3 is 1.95 bits per heavy atom. The van der Waals surface area contributed by atoms with Crippen molar-refractivity contribution in [3.8, 4) is 0 Å². The predicted molar refractivity (Wildman–Crippen MR) is 192 cm³/mol. The molecule has 0 saturated carbocycles. The van der Waals surface area contributed by atoms with E-state index in [2.05, 4.69) is 50.9 Å². The number of aliphatic hydroxyl groups is 1. The molecule has 3 rings (SSSR count). The molecule has 58 heavy (non-hydrogen) atoms. The second-order valence-corrected chi connectivity index (χ2v) is 21.3. The van der Waals surface area contributed by atoms with Crippen molar-refractivity contribution in [1.82, 2.24) is 24.8 Å². The van der Waals surface area contributed by atoms with Crippen molar-refractivity contribution >= 4 is 70.0 Å². The highest BCUT2D eigenvalue weighted by molar-refractivity contribution is 7.72. The number of anilines is 1. The summed E-state index contributed by atoms with van der Waals surface area (Å²) in [5.74, 6) is -0.401. The molecular weight excluding hydrogens is 916 g/mol. The molecule has 1 aliphatic rings. The number of ether oxygens (including phenoxy) is 1. The summed E-state index contributed by atoms with van der Waals surface area (Å²) in [6.45, 7) is -0.701. The zero-order chi connectivity index (χ0) is 43.6. The van der Waals surface area contributed by atoms with Gasteiger partial charge >= 0.3 is 46.9 Å². The van der Waals surface area contributed by atoms with Gasteiger partial charge in [-0.25, -0.2) is 32.4 Å². The average molecular weight is 959 g/mol. The van der Waals surface area contributed by atoms with Crippen LogP contribution in [-0.4, -0.2) is 98.4 Å². The number of amides is 1. The van der Waals surface area contributed by atoms with Crippen LogP contribution in [0.2, 0.25) is 0 Å². The smallest absolute Gasteiger partial charge is 0.390 e. The molecule has 0 bridgehead atoms. The molecule has 13 N–H and O–H groups in total. The van der Waals surface area contributed by atoms with Crippen LogP contribution < -0.4 is 22.3 Å². The van der Waals surface area contributed by atoms with Crippen molar-refractivity contribution in [3.63, 3.8) is 0 Å². The van der Waals surface area contributed by atoms with Crippen LogP contribution in [0.25, 0.3) is 11.2 Å². The summed E-state index contributed by atoms with van der Waals surface area (Å²) in [4.78, 5) is 92.1. The number of aromatic nitrogens is 4. The van der Waals surface area contributed by atoms with E-state index in [9.17, 15) is 71.4 Å². The number of hydrogen-bond acceptors (Lipinski definition) is 21. The van der Waals surface area contributed by atoms with Crippen LogP contribution in [0.5, 0.6) is 0 Å². The number of phosphoric acid groups is 6. The van der Waals surface area contributed by atoms with Crippen LogP contribution in [-0.2, 0) is 67.5 Å². The number of imidazole rings is 1. The van der Waals surface area contributed by atoms with Gasteiger partial charge in [0.05, 0.1) is 25.6 Å². The minimum atomic E-state index is -6.47. The summed E-state index contributed by atoms with van der Waals surface area (Å²) in [5, 5.41) is 13.1. The lowest BCUT2D eigenvalue weighted by Gasteiger charge is -2.21. The molecule has 0 aromatic carbocycles. The van der Waals surface area contributed by atoms with E-state index in [1.54, 1.807) is 0 Å². The summed E-state index contributed by atoms with van der Waals surface area (Å²) < 4.78 is 107. The molecule has 9 atom stereocenters. The van der Waals surface area contributed by atoms with Gasteiger partial charge in [0.15, 0.2) is 11.2 Å². The van der Waals surface area contributed by atoms with Gasteiger partial charge < -0.3 is 56.0 Å². The Morgan fingerprint density at radius 1 is 0.828 bits per heavy atom. The van der Waals surface area contributed by atoms with Crippen molar-refractivity contribution < 1.29 is 102 Å². The third-order valence-corrected chi connectivity index (χ3v) is 16.4. The number of aliphatic hydroxyl groups excluding tert-OH is 1. The van der Waals surface area contributed by atoms with Crippen LogP contribution >= 0.6 is 46.9 Å². The van der Waals surface area contributed by atoms with Crippen LogP contribution in [0.3, 0.4) is 0 Å². The molecule has 1 amide bonds. The van der Waals surface area contributed by atoms with Gasteiger partial charge in [0, 0.05) is 19.4 Å². The number of rotatable bonds is 27. The van der Waals surface area contributed by atoms with Gasteiger partial charge in [0.25, 0.3) is 5.56 Å². The van der Waals surface area contributed by atoms with Gasteiger partial charge in [-0.1, -0.05) is 19.3 Å². The van der Waals surface area contributed by atoms with Crippen molar-refractivity contribution in [2.24, 2.45) is 5.73 Å². The third kappa shape index (κ3) is 17.8. The number of nitrogens with one attached hydrogen (secondary N) is 2. The van der Waals surface area contributed by atoms with Gasteiger partial charge in [0.1, 0.15) is 12.3 Å². The Kier molecular flexibility index (Phi) is 18.7. The predicted octanol–water partition coefficient (Wildman–Crippen LogP) is 1.26. The number of phosphoric ester groups is 2. The minimum Gasteiger partial charge on any atom is -0.390 e. The second kappa shape index (κ2) is 21.4. The Balaban J connectivity index is 1.42. The summed E-state index contributed by atoms with van der Waals surface area (Å²) in [7, 11) is -36.8. The molecule has 0 radical (unpaired) electrons. The van der Waals surface area contributed by atoms with E-state index in [0.717, 1.165) is 19.2 Å². The number of fused-ring (bicyclic) bond motifs is 1. The van der Waals surface area contributed by atoms with Gasteiger partial charge in [-0.3, -0.25) is 28.2 Å². The van der Waals surface area contributed by atoms with Crippen molar-refractivity contribution in [1.29, 1.82) is 0 Å². The number of nitrogens with zero attached hydrogens (tertiary/aromatic N) is 3. The Morgan fingerprint density at radius 2 is 1.36 bits per heavy atom. The largest absolute Gasteiger partial charge is 0.490 e. The number of carbonyl (C=O) groups excluding carboxylic acids is 1. The quantitative estimate of drug-likeness (QED) is 0.0443. The molecule has 0 spiro atoms. The summed E-state index contributed by atoms with van der Waals surface area (Å²) in [5.41, 5.74) is 10.0. The normalized spacial score (nSPS) is 23.6. The maximum absolute atomic E-state index is 12.3. The maximum atomic E-state index is 12.3. The van der Waals surface area contributed by atoms with Crippen molar-refractivity contribution in [2.45, 2.75) is 76.2 Å². The zero-order valence-electron chi connectivity index (χ0n) is 29.8. The molecule has 7 unspecified atom stereocenters. The first kappa shape index (κ1) is 50.7. The summed E-state index contributed by atoms with van der Waals surface area (Å²) in [6.07, 6.45) is 1.14. The lowest BCUT2D eigenvalue weighted by atomic mass is 10.2. The second-order valence-electron chi connectivity index (χ2n) is 11.9. The van der Waals surface area contributed by atoms with Crippen LogP contribution in [0.4, 0.5) is 5.95 Å². The van der Waals surface area contributed by atoms with Gasteiger partial charge in [-0.15, -0.1) is 0 Å². The highest BCUT2D eigenvalue weighted by atomic mass is 31.3. The van der Waals surface area contributed by atoms with Crippen molar-refractivity contribution in [2.75, 3.05) is 32.0 Å². The first-order chi connectivity index (χ1) is 26.7. The highest BCUT2D eigenvalue weighted by Gasteiger charge is 2.50. The molecule has 3 heterocycles. The topological polar surface area (TPSA) is 463 Å². The van der Waals surface area contributed by atoms with Gasteiger partial charge in [0.2, 0.25) is 11.9 Å². The Hall–Kier alpha value is -1.64. The van der Waals surface area contributed by atoms with E-state index >= 15 is 0 Å². The fourth-order valence-corrected chi connectivity index (χ4v) is 12.6. The highest BCUT2D eigenvalue weighted by Crippen LogP contribution is 2.75. The fraction of sp³-hybridized carbons (Fsp3) is 0.727. The number of H-pyrrole nitrogens is 1. The van der Waals surface area contributed by atoms with E-state index in [1.165, 1.54) is 4.57 Å². The summed E-state index contributed by atoms with van der Waals surface area (Å²) in [6, 6.07) is 0. The van der Waals surface area contributed by atoms with Crippen molar-refractivity contribution in [3.05, 3.63) is 16.7 Å². The molecule has 2 aromatic rings. The van der Waals surface area contributed by atoms with Gasteiger partial charge in [-0.05, 0) is 32.2 Å². The molecule has 1 fully saturated rings. The standard InChI is InChI=1S/C22H43N7O23P6/c23-9-5-3-4-8-17(31)25-10-6-1-2-7-11-45-53(33,34)48-55(37,38)50-57(41,42)52-58(43,44)51-56(39,40)49-54(35,36)46-13-16-15(30)12-18(47-16)29-14-26-19-20(29)27-22(24)28-21(19)32/h14-16,18,30H,1-13,23H2,(H,25,31)(H,33,34)(H,35,36)(H,37,38)(H,39,40)(H,41,42)(H,43,44)(H3,24,27,28,32)/t15?,16-,18-/m1/s1. The molecular formula is C22H43N7O23P6. The molecule has 30 nitrogen and oxygen atoms in total. The zero-order valence-corrected chi connectivity index (χ0v) is 35.2. The number of hydrogen-bond donors (Lipinski definition) is 11. The number of nitrogens with two attached hydrogens (primary N) is 2. The first-order valence-electron chi connectivity index (χ1n) is 16.6. The van der Waals surface area contributed by atoms with E-state index < -0.39 is 84.1 Å².